The number of nitrogens with zero attached hydrogens (tertiary/aromatic N) is 2. The van der Waals surface area contributed by atoms with Crippen LogP contribution in [0.4, 0.5) is 17.3 Å². The first-order valence-electron chi connectivity index (χ1n) is 6.13. The van der Waals surface area contributed by atoms with E-state index in [4.69, 9.17) is 5.73 Å². The molecule has 0 unspecified atom stereocenters. The number of hydrogen-bond acceptors (Lipinski definition) is 4. The number of halogens is 1. The highest BCUT2D eigenvalue weighted by Gasteiger charge is 2.07. The monoisotopic (exact) mass is 320 g/mol. The SMILES string of the molecule is Cc1cc(Br)ccc1Nc1cc(N)nc(C(C)C)n1. The van der Waals surface area contributed by atoms with Gasteiger partial charge in [0, 0.05) is 22.1 Å². The molecule has 3 N–H and O–H groups in total. The molecule has 0 atom stereocenters. The van der Waals surface area contributed by atoms with Crippen molar-refractivity contribution >= 4 is 33.3 Å². The molecule has 1 aromatic heterocycles. The van der Waals surface area contributed by atoms with E-state index in [1.54, 1.807) is 6.07 Å². The molecule has 0 aliphatic heterocycles. The van der Waals surface area contributed by atoms with Gasteiger partial charge < -0.3 is 11.1 Å². The van der Waals surface area contributed by atoms with Crippen LogP contribution in [0.5, 0.6) is 0 Å². The Morgan fingerprint density at radius 3 is 2.58 bits per heavy atom. The van der Waals surface area contributed by atoms with E-state index in [-0.39, 0.29) is 5.92 Å². The zero-order chi connectivity index (χ0) is 14.0. The molecule has 2 rings (SSSR count). The van der Waals surface area contributed by atoms with Crippen molar-refractivity contribution in [2.24, 2.45) is 0 Å². The van der Waals surface area contributed by atoms with Crippen LogP contribution in [-0.2, 0) is 0 Å². The number of hydrogen-bond donors (Lipinski definition) is 2. The first-order chi connectivity index (χ1) is 8.95. The molecule has 0 radical (unpaired) electrons. The number of nitrogen functional groups attached to an aromatic ring is 1. The predicted molar refractivity (Wildman–Crippen MR) is 82.7 cm³/mol. The second kappa shape index (κ2) is 5.57. The molecule has 0 fully saturated rings. The smallest absolute Gasteiger partial charge is 0.136 e. The highest BCUT2D eigenvalue weighted by atomic mass is 79.9. The molecule has 0 saturated heterocycles. The zero-order valence-electron chi connectivity index (χ0n) is 11.2. The van der Waals surface area contributed by atoms with Gasteiger partial charge in [-0.15, -0.1) is 0 Å². The van der Waals surface area contributed by atoms with Crippen molar-refractivity contribution in [3.8, 4) is 0 Å². The summed E-state index contributed by atoms with van der Waals surface area (Å²) in [6.45, 7) is 6.13. The van der Waals surface area contributed by atoms with E-state index < -0.39 is 0 Å². The Balaban J connectivity index is 2.32. The lowest BCUT2D eigenvalue weighted by molar-refractivity contribution is 0.779. The van der Waals surface area contributed by atoms with Crippen molar-refractivity contribution in [1.29, 1.82) is 0 Å². The topological polar surface area (TPSA) is 63.8 Å². The molecule has 0 saturated carbocycles. The van der Waals surface area contributed by atoms with E-state index in [0.717, 1.165) is 27.4 Å². The second-order valence-electron chi connectivity index (χ2n) is 4.78. The lowest BCUT2D eigenvalue weighted by Gasteiger charge is -2.12. The van der Waals surface area contributed by atoms with E-state index in [9.17, 15) is 0 Å². The lowest BCUT2D eigenvalue weighted by Crippen LogP contribution is -2.05. The largest absolute Gasteiger partial charge is 0.384 e. The van der Waals surface area contributed by atoms with Crippen molar-refractivity contribution in [1.82, 2.24) is 9.97 Å². The van der Waals surface area contributed by atoms with Crippen LogP contribution in [0.15, 0.2) is 28.7 Å². The average Bonchev–Trinajstić information content (AvgIpc) is 2.32. The molecule has 100 valence electrons. The molecule has 0 spiro atoms. The van der Waals surface area contributed by atoms with Gasteiger partial charge in [-0.1, -0.05) is 29.8 Å². The third kappa shape index (κ3) is 3.44. The van der Waals surface area contributed by atoms with Gasteiger partial charge in [0.15, 0.2) is 0 Å². The second-order valence-corrected chi connectivity index (χ2v) is 5.69. The van der Waals surface area contributed by atoms with Gasteiger partial charge in [-0.05, 0) is 30.7 Å². The van der Waals surface area contributed by atoms with Gasteiger partial charge in [0.05, 0.1) is 0 Å². The normalized spacial score (nSPS) is 10.8. The molecule has 4 nitrogen and oxygen atoms in total. The lowest BCUT2D eigenvalue weighted by atomic mass is 10.2. The molecular formula is C14H17BrN4. The molecule has 0 aliphatic carbocycles. The Hall–Kier alpha value is -1.62. The van der Waals surface area contributed by atoms with E-state index in [2.05, 4.69) is 37.3 Å². The van der Waals surface area contributed by atoms with Crippen molar-refractivity contribution < 1.29 is 0 Å². The van der Waals surface area contributed by atoms with Crippen LogP contribution in [0.3, 0.4) is 0 Å². The van der Waals surface area contributed by atoms with Crippen molar-refractivity contribution in [2.75, 3.05) is 11.1 Å². The fraction of sp³-hybridized carbons (Fsp3) is 0.286. The summed E-state index contributed by atoms with van der Waals surface area (Å²) in [4.78, 5) is 8.71. The minimum Gasteiger partial charge on any atom is -0.384 e. The summed E-state index contributed by atoms with van der Waals surface area (Å²) in [6.07, 6.45) is 0. The predicted octanol–water partition coefficient (Wildman–Crippen LogP) is 4.00. The van der Waals surface area contributed by atoms with E-state index in [1.807, 2.05) is 32.9 Å². The minimum atomic E-state index is 0.245. The molecule has 0 bridgehead atoms. The Labute approximate surface area is 121 Å². The highest BCUT2D eigenvalue weighted by Crippen LogP contribution is 2.24. The van der Waals surface area contributed by atoms with Gasteiger partial charge in [0.25, 0.3) is 0 Å². The summed E-state index contributed by atoms with van der Waals surface area (Å²) < 4.78 is 1.06. The van der Waals surface area contributed by atoms with Gasteiger partial charge >= 0.3 is 0 Å². The van der Waals surface area contributed by atoms with Gasteiger partial charge in [-0.2, -0.15) is 0 Å². The number of rotatable bonds is 3. The van der Waals surface area contributed by atoms with Crippen LogP contribution in [0.25, 0.3) is 0 Å². The maximum Gasteiger partial charge on any atom is 0.136 e. The van der Waals surface area contributed by atoms with Crippen molar-refractivity contribution in [3.05, 3.63) is 40.1 Å². The molecule has 1 aromatic carbocycles. The number of aromatic nitrogens is 2. The van der Waals surface area contributed by atoms with Crippen LogP contribution in [0.2, 0.25) is 0 Å². The van der Waals surface area contributed by atoms with Crippen molar-refractivity contribution in [2.45, 2.75) is 26.7 Å². The first-order valence-corrected chi connectivity index (χ1v) is 6.92. The summed E-state index contributed by atoms with van der Waals surface area (Å²) in [5, 5.41) is 3.28. The fourth-order valence-corrected chi connectivity index (χ4v) is 2.19. The van der Waals surface area contributed by atoms with Gasteiger partial charge in [0.1, 0.15) is 17.5 Å². The van der Waals surface area contributed by atoms with E-state index in [1.165, 1.54) is 0 Å². The standard InChI is InChI=1S/C14H17BrN4/c1-8(2)14-18-12(16)7-13(19-14)17-11-5-4-10(15)6-9(11)3/h4-8H,1-3H3,(H3,16,17,18,19). The number of nitrogens with two attached hydrogens (primary N) is 1. The Bertz CT molecular complexity index is 596. The molecule has 5 heteroatoms. The molecular weight excluding hydrogens is 304 g/mol. The van der Waals surface area contributed by atoms with E-state index >= 15 is 0 Å². The van der Waals surface area contributed by atoms with Gasteiger partial charge in [0.2, 0.25) is 0 Å². The van der Waals surface area contributed by atoms with Gasteiger partial charge in [-0.3, -0.25) is 0 Å². The molecule has 1 heterocycles. The Morgan fingerprint density at radius 2 is 1.95 bits per heavy atom. The average molecular weight is 321 g/mol. The minimum absolute atomic E-state index is 0.245. The van der Waals surface area contributed by atoms with Crippen LogP contribution >= 0.6 is 15.9 Å². The van der Waals surface area contributed by atoms with Crippen LogP contribution in [0, 0.1) is 6.92 Å². The third-order valence-electron chi connectivity index (χ3n) is 2.73. The zero-order valence-corrected chi connectivity index (χ0v) is 12.8. The first kappa shape index (κ1) is 13.8. The molecule has 0 aliphatic rings. The summed E-state index contributed by atoms with van der Waals surface area (Å²) in [5.41, 5.74) is 7.96. The third-order valence-corrected chi connectivity index (χ3v) is 3.22. The summed E-state index contributed by atoms with van der Waals surface area (Å²) in [6, 6.07) is 7.79. The summed E-state index contributed by atoms with van der Waals surface area (Å²) in [7, 11) is 0. The van der Waals surface area contributed by atoms with Crippen LogP contribution < -0.4 is 11.1 Å². The Kier molecular flexibility index (Phi) is 4.04. The fourth-order valence-electron chi connectivity index (χ4n) is 1.71. The number of nitrogens with one attached hydrogen (secondary N) is 1. The maximum absolute atomic E-state index is 5.81. The molecule has 2 aromatic rings. The highest BCUT2D eigenvalue weighted by molar-refractivity contribution is 9.10. The van der Waals surface area contributed by atoms with Gasteiger partial charge in [-0.25, -0.2) is 9.97 Å². The maximum atomic E-state index is 5.81. The van der Waals surface area contributed by atoms with E-state index in [0.29, 0.717) is 5.82 Å². The number of aryl methyl sites for hydroxylation is 1. The van der Waals surface area contributed by atoms with Crippen molar-refractivity contribution in [3.63, 3.8) is 0 Å². The number of benzene rings is 1. The Morgan fingerprint density at radius 1 is 1.21 bits per heavy atom. The quantitative estimate of drug-likeness (QED) is 0.897. The number of anilines is 3. The van der Waals surface area contributed by atoms with Crippen LogP contribution in [-0.4, -0.2) is 9.97 Å². The molecule has 19 heavy (non-hydrogen) atoms. The molecule has 0 amide bonds. The summed E-state index contributed by atoms with van der Waals surface area (Å²) >= 11 is 3.45. The van der Waals surface area contributed by atoms with Crippen LogP contribution in [0.1, 0.15) is 31.2 Å². The summed E-state index contributed by atoms with van der Waals surface area (Å²) in [5.74, 6) is 2.20.